The lowest BCUT2D eigenvalue weighted by molar-refractivity contribution is -0.136. The van der Waals surface area contributed by atoms with E-state index in [1.807, 2.05) is 45.9 Å². The minimum atomic E-state index is -0.947. The Bertz CT molecular complexity index is 1370. The number of benzene rings is 3. The minimum absolute atomic E-state index is 0.211. The summed E-state index contributed by atoms with van der Waals surface area (Å²) in [4.78, 5) is 36.5. The van der Waals surface area contributed by atoms with Crippen LogP contribution < -0.4 is 25.5 Å². The molecule has 0 heterocycles. The first-order valence-electron chi connectivity index (χ1n) is 11.8. The predicted octanol–water partition coefficient (Wildman–Crippen LogP) is 4.77. The second kappa shape index (κ2) is 13.3. The quantitative estimate of drug-likeness (QED) is 0.207. The maximum absolute atomic E-state index is 12.3. The standard InChI is InChI=1S/C28H29ClN4O5/c1-5-37-25-13-20(15-30-33-28(36)27(35)32-22-10-7-18(3)23(29)14-22)8-11-24(25)38-16-26(34)31-21-9-6-17(2)19(4)12-21/h6-15H,5,16H2,1-4H3,(H,31,34)(H,32,35)(H,33,36)/b30-15-. The summed E-state index contributed by atoms with van der Waals surface area (Å²) in [5, 5.41) is 9.56. The van der Waals surface area contributed by atoms with E-state index in [4.69, 9.17) is 21.1 Å². The second-order valence-corrected chi connectivity index (χ2v) is 8.80. The smallest absolute Gasteiger partial charge is 0.329 e. The maximum atomic E-state index is 12.3. The Morgan fingerprint density at radius 2 is 1.53 bits per heavy atom. The average Bonchev–Trinajstić information content (AvgIpc) is 2.88. The van der Waals surface area contributed by atoms with Crippen LogP contribution in [0.5, 0.6) is 11.5 Å². The minimum Gasteiger partial charge on any atom is -0.490 e. The number of nitrogens with zero attached hydrogens (tertiary/aromatic N) is 1. The van der Waals surface area contributed by atoms with Crippen LogP contribution in [0.15, 0.2) is 59.7 Å². The molecule has 3 aromatic rings. The van der Waals surface area contributed by atoms with E-state index in [-0.39, 0.29) is 12.5 Å². The number of carbonyl (C=O) groups excluding carboxylic acids is 3. The third-order valence-corrected chi connectivity index (χ3v) is 5.84. The van der Waals surface area contributed by atoms with Crippen LogP contribution in [0, 0.1) is 20.8 Å². The average molecular weight is 537 g/mol. The predicted molar refractivity (Wildman–Crippen MR) is 148 cm³/mol. The van der Waals surface area contributed by atoms with Gasteiger partial charge in [-0.15, -0.1) is 0 Å². The number of aryl methyl sites for hydroxylation is 3. The van der Waals surface area contributed by atoms with Crippen LogP contribution in [-0.4, -0.2) is 37.1 Å². The summed E-state index contributed by atoms with van der Waals surface area (Å²) >= 11 is 6.04. The SMILES string of the molecule is CCOc1cc(/C=N\NC(=O)C(=O)Nc2ccc(C)c(Cl)c2)ccc1OCC(=O)Nc1ccc(C)c(C)c1. The van der Waals surface area contributed by atoms with Gasteiger partial charge >= 0.3 is 11.8 Å². The summed E-state index contributed by atoms with van der Waals surface area (Å²) in [5.41, 5.74) is 6.90. The van der Waals surface area contributed by atoms with Crippen LogP contribution in [0.1, 0.15) is 29.2 Å². The summed E-state index contributed by atoms with van der Waals surface area (Å²) in [6, 6.07) is 15.5. The molecule has 9 nitrogen and oxygen atoms in total. The summed E-state index contributed by atoms with van der Waals surface area (Å²) < 4.78 is 11.3. The number of hydrogen-bond acceptors (Lipinski definition) is 6. The van der Waals surface area contributed by atoms with Crippen molar-refractivity contribution in [2.24, 2.45) is 5.10 Å². The monoisotopic (exact) mass is 536 g/mol. The van der Waals surface area contributed by atoms with Gasteiger partial charge in [-0.25, -0.2) is 5.43 Å². The molecule has 0 bridgehead atoms. The first-order valence-corrected chi connectivity index (χ1v) is 12.2. The molecule has 0 radical (unpaired) electrons. The Balaban J connectivity index is 1.56. The zero-order valence-corrected chi connectivity index (χ0v) is 22.3. The lowest BCUT2D eigenvalue weighted by Gasteiger charge is -2.13. The van der Waals surface area contributed by atoms with E-state index >= 15 is 0 Å². The third kappa shape index (κ3) is 8.07. The van der Waals surface area contributed by atoms with Crippen molar-refractivity contribution in [3.63, 3.8) is 0 Å². The molecule has 0 fully saturated rings. The van der Waals surface area contributed by atoms with Gasteiger partial charge in [-0.1, -0.05) is 23.7 Å². The highest BCUT2D eigenvalue weighted by atomic mass is 35.5. The molecule has 0 saturated heterocycles. The summed E-state index contributed by atoms with van der Waals surface area (Å²) in [7, 11) is 0. The van der Waals surface area contributed by atoms with Crippen molar-refractivity contribution in [2.45, 2.75) is 27.7 Å². The summed E-state index contributed by atoms with van der Waals surface area (Å²) in [6.07, 6.45) is 1.35. The number of anilines is 2. The van der Waals surface area contributed by atoms with Crippen LogP contribution in [0.4, 0.5) is 11.4 Å². The highest BCUT2D eigenvalue weighted by molar-refractivity contribution is 6.39. The van der Waals surface area contributed by atoms with Crippen molar-refractivity contribution in [3.8, 4) is 11.5 Å². The molecule has 3 aromatic carbocycles. The Labute approximate surface area is 226 Å². The molecule has 0 saturated carbocycles. The zero-order valence-electron chi connectivity index (χ0n) is 21.6. The van der Waals surface area contributed by atoms with Crippen molar-refractivity contribution in [1.29, 1.82) is 0 Å². The summed E-state index contributed by atoms with van der Waals surface area (Å²) in [6.45, 7) is 7.78. The summed E-state index contributed by atoms with van der Waals surface area (Å²) in [5.74, 6) is -1.37. The molecule has 10 heteroatoms. The third-order valence-electron chi connectivity index (χ3n) is 5.43. The van der Waals surface area contributed by atoms with Crippen molar-refractivity contribution >= 4 is 46.9 Å². The number of amides is 3. The fourth-order valence-corrected chi connectivity index (χ4v) is 3.41. The van der Waals surface area contributed by atoms with Gasteiger partial charge in [0.1, 0.15) is 0 Å². The molecule has 0 aromatic heterocycles. The number of nitrogens with one attached hydrogen (secondary N) is 3. The topological polar surface area (TPSA) is 118 Å². The van der Waals surface area contributed by atoms with Crippen molar-refractivity contribution in [2.75, 3.05) is 23.8 Å². The molecule has 3 amide bonds. The van der Waals surface area contributed by atoms with E-state index < -0.39 is 11.8 Å². The van der Waals surface area contributed by atoms with Crippen LogP contribution >= 0.6 is 11.6 Å². The molecule has 198 valence electrons. The van der Waals surface area contributed by atoms with Gasteiger partial charge in [-0.3, -0.25) is 14.4 Å². The van der Waals surface area contributed by atoms with Crippen molar-refractivity contribution < 1.29 is 23.9 Å². The molecule has 0 atom stereocenters. The molecule has 3 rings (SSSR count). The number of rotatable bonds is 9. The first-order chi connectivity index (χ1) is 18.2. The molecular weight excluding hydrogens is 508 g/mol. The molecule has 0 spiro atoms. The second-order valence-electron chi connectivity index (χ2n) is 8.39. The number of halogens is 1. The van der Waals surface area contributed by atoms with Gasteiger partial charge in [0.05, 0.1) is 12.8 Å². The maximum Gasteiger partial charge on any atom is 0.329 e. The first kappa shape index (κ1) is 28.2. The Morgan fingerprint density at radius 1 is 0.816 bits per heavy atom. The van der Waals surface area contributed by atoms with Crippen molar-refractivity contribution in [3.05, 3.63) is 81.9 Å². The van der Waals surface area contributed by atoms with E-state index in [0.29, 0.717) is 40.1 Å². The van der Waals surface area contributed by atoms with Gasteiger partial charge in [0.2, 0.25) is 0 Å². The van der Waals surface area contributed by atoms with Crippen LogP contribution in [-0.2, 0) is 14.4 Å². The largest absolute Gasteiger partial charge is 0.490 e. The molecule has 3 N–H and O–H groups in total. The molecule has 0 aliphatic carbocycles. The van der Waals surface area contributed by atoms with Crippen molar-refractivity contribution in [1.82, 2.24) is 5.43 Å². The van der Waals surface area contributed by atoms with Gasteiger partial charge < -0.3 is 20.1 Å². The van der Waals surface area contributed by atoms with Gasteiger partial charge in [0, 0.05) is 16.4 Å². The van der Waals surface area contributed by atoms with Crippen LogP contribution in [0.3, 0.4) is 0 Å². The zero-order chi connectivity index (χ0) is 27.7. The Morgan fingerprint density at radius 3 is 2.21 bits per heavy atom. The lowest BCUT2D eigenvalue weighted by atomic mass is 10.1. The van der Waals surface area contributed by atoms with Gasteiger partial charge in [0.25, 0.3) is 5.91 Å². The van der Waals surface area contributed by atoms with Gasteiger partial charge in [0.15, 0.2) is 18.1 Å². The van der Waals surface area contributed by atoms with E-state index in [2.05, 4.69) is 21.2 Å². The molecule has 38 heavy (non-hydrogen) atoms. The Hall–Kier alpha value is -4.37. The lowest BCUT2D eigenvalue weighted by Crippen LogP contribution is -2.32. The van der Waals surface area contributed by atoms with Crippen LogP contribution in [0.2, 0.25) is 5.02 Å². The fourth-order valence-electron chi connectivity index (χ4n) is 3.23. The molecule has 0 unspecified atom stereocenters. The fraction of sp³-hybridized carbons (Fsp3) is 0.214. The van der Waals surface area contributed by atoms with E-state index in [1.54, 1.807) is 36.4 Å². The van der Waals surface area contributed by atoms with Gasteiger partial charge in [-0.2, -0.15) is 5.10 Å². The molecule has 0 aliphatic rings. The van der Waals surface area contributed by atoms with E-state index in [9.17, 15) is 14.4 Å². The highest BCUT2D eigenvalue weighted by Gasteiger charge is 2.14. The number of carbonyl (C=O) groups is 3. The van der Waals surface area contributed by atoms with Gasteiger partial charge in [-0.05, 0) is 92.4 Å². The number of hydrogen-bond donors (Lipinski definition) is 3. The molecular formula is C28H29ClN4O5. The number of hydrazone groups is 1. The van der Waals surface area contributed by atoms with E-state index in [1.165, 1.54) is 6.21 Å². The normalized spacial score (nSPS) is 10.7. The molecule has 0 aliphatic heterocycles. The Kier molecular flexibility index (Phi) is 9.84. The highest BCUT2D eigenvalue weighted by Crippen LogP contribution is 2.28. The number of ether oxygens (including phenoxy) is 2. The van der Waals surface area contributed by atoms with Crippen LogP contribution in [0.25, 0.3) is 0 Å². The van der Waals surface area contributed by atoms with E-state index in [0.717, 1.165) is 16.7 Å².